The molecule has 1 atom stereocenters. The van der Waals surface area contributed by atoms with Crippen LogP contribution in [-0.4, -0.2) is 39.5 Å². The lowest BCUT2D eigenvalue weighted by atomic mass is 10.0. The fraction of sp³-hybridized carbons (Fsp3) is 1.00. The summed E-state index contributed by atoms with van der Waals surface area (Å²) in [7, 11) is 0. The molecule has 0 aliphatic carbocycles. The van der Waals surface area contributed by atoms with Crippen LogP contribution in [-0.2, 0) is 0 Å². The second-order valence-electron chi connectivity index (χ2n) is 5.18. The molecule has 0 spiro atoms. The van der Waals surface area contributed by atoms with E-state index < -0.39 is 39.5 Å². The Kier molecular flexibility index (Phi) is 11.8. The van der Waals surface area contributed by atoms with Crippen molar-refractivity contribution in [3.05, 3.63) is 0 Å². The quantitative estimate of drug-likeness (QED) is 0.227. The minimum atomic E-state index is -2.97. The molecule has 0 fully saturated rings. The van der Waals surface area contributed by atoms with Crippen LogP contribution in [0.1, 0.15) is 6.92 Å². The predicted molar refractivity (Wildman–Crippen MR) is 137 cm³/mol. The molecule has 170 valence electrons. The maximum absolute atomic E-state index is 6.25. The van der Waals surface area contributed by atoms with Crippen LogP contribution >= 0.6 is 209 Å². The van der Waals surface area contributed by atoms with Crippen LogP contribution in [0.4, 0.5) is 0 Å². The normalized spacial score (nSPS) is 17.7. The van der Waals surface area contributed by atoms with Crippen molar-refractivity contribution < 1.29 is 0 Å². The monoisotopic (exact) mass is 753 g/mol. The van der Waals surface area contributed by atoms with Gasteiger partial charge < -0.3 is 0 Å². The van der Waals surface area contributed by atoms with Crippen molar-refractivity contribution in [2.75, 3.05) is 0 Å². The lowest BCUT2D eigenvalue weighted by Crippen LogP contribution is -2.70. The minimum Gasteiger partial charge on any atom is -0.120 e. The zero-order valence-electron chi connectivity index (χ0n) is 12.4. The van der Waals surface area contributed by atoms with Gasteiger partial charge in [-0.2, -0.15) is 0 Å². The van der Waals surface area contributed by atoms with Gasteiger partial charge in [-0.1, -0.05) is 197 Å². The van der Waals surface area contributed by atoms with Crippen LogP contribution in [0.3, 0.4) is 0 Å². The minimum absolute atomic E-state index is 1.18. The lowest BCUT2D eigenvalue weighted by molar-refractivity contribution is 0.449. The van der Waals surface area contributed by atoms with E-state index in [1.165, 1.54) is 6.92 Å². The van der Waals surface area contributed by atoms with Crippen LogP contribution in [0, 0.1) is 0 Å². The van der Waals surface area contributed by atoms with Gasteiger partial charge in [-0.3, -0.25) is 0 Å². The molecule has 1 unspecified atom stereocenters. The van der Waals surface area contributed by atoms with Crippen LogP contribution in [0.15, 0.2) is 0 Å². The molecular weight excluding hydrogens is 758 g/mol. The fourth-order valence-corrected chi connectivity index (χ4v) is 6.84. The number of hydrogen-bond acceptors (Lipinski definition) is 0. The Morgan fingerprint density at radius 3 is 0.821 bits per heavy atom. The van der Waals surface area contributed by atoms with Crippen LogP contribution < -0.4 is 0 Å². The molecule has 0 saturated carbocycles. The van der Waals surface area contributed by atoms with Crippen LogP contribution in [0.2, 0.25) is 0 Å². The highest BCUT2D eigenvalue weighted by molar-refractivity contribution is 6.83. The molecule has 0 N–H and O–H groups in total. The molecule has 0 nitrogen and oxygen atoms in total. The summed E-state index contributed by atoms with van der Waals surface area (Å²) in [4.78, 5) is 0. The zero-order valence-corrected chi connectivity index (χ0v) is 26.0. The number of rotatable bonds is 7. The summed E-state index contributed by atoms with van der Waals surface area (Å²) >= 11 is 109. The highest BCUT2D eigenvalue weighted by atomic mass is 35.6. The van der Waals surface area contributed by atoms with Gasteiger partial charge in [0.2, 0.25) is 8.13 Å². The molecule has 0 bridgehead atoms. The fourth-order valence-electron chi connectivity index (χ4n) is 1.43. The van der Waals surface area contributed by atoms with Gasteiger partial charge in [0, 0.05) is 0 Å². The van der Waals surface area contributed by atoms with Crippen molar-refractivity contribution in [2.24, 2.45) is 0 Å². The molecule has 0 amide bonds. The van der Waals surface area contributed by atoms with Gasteiger partial charge in [0.15, 0.2) is 26.0 Å². The maximum Gasteiger partial charge on any atom is 0.226 e. The van der Waals surface area contributed by atoms with E-state index in [0.29, 0.717) is 0 Å². The van der Waals surface area contributed by atoms with Crippen LogP contribution in [0.25, 0.3) is 0 Å². The number of alkyl halides is 18. The highest BCUT2D eigenvalue weighted by Crippen LogP contribution is 2.72. The first-order valence-corrected chi connectivity index (χ1v) is 12.9. The second kappa shape index (κ2) is 9.94. The largest absolute Gasteiger partial charge is 0.226 e. The maximum atomic E-state index is 6.25. The Bertz CT molecular complexity index is 565. The molecule has 0 aromatic rings. The van der Waals surface area contributed by atoms with Gasteiger partial charge in [0.1, 0.15) is 0 Å². The van der Waals surface area contributed by atoms with E-state index >= 15 is 0 Å². The zero-order chi connectivity index (χ0) is 23.6. The Balaban J connectivity index is 6.72. The standard InChI is InChI=1S/C10H4Cl18/c1-2(11)3(12,13)4(14,15)5(16,17)6(18,19)7(20,21)8(22,23)9(24,25)10(26,27)28/h2H,1H3. The Hall–Kier alpha value is 5.22. The summed E-state index contributed by atoms with van der Waals surface area (Å²) in [6.45, 7) is 1.31. The molecule has 0 rings (SSSR count). The third-order valence-electron chi connectivity index (χ3n) is 3.25. The first-order chi connectivity index (χ1) is 11.7. The second-order valence-corrected chi connectivity index (χ2v) is 17.5. The Labute approximate surface area is 251 Å². The van der Waals surface area contributed by atoms with Crippen molar-refractivity contribution in [3.8, 4) is 0 Å². The van der Waals surface area contributed by atoms with Crippen molar-refractivity contribution in [3.63, 3.8) is 0 Å². The third kappa shape index (κ3) is 5.18. The van der Waals surface area contributed by atoms with Crippen LogP contribution in [0.5, 0.6) is 0 Å². The van der Waals surface area contributed by atoms with Gasteiger partial charge in [-0.15, -0.1) is 11.6 Å². The van der Waals surface area contributed by atoms with E-state index in [1.807, 2.05) is 0 Å². The SMILES string of the molecule is CC(Cl)C(Cl)(Cl)C(Cl)(Cl)C(Cl)(Cl)C(Cl)(Cl)C(Cl)(Cl)C(Cl)(Cl)C(Cl)(Cl)C(Cl)(Cl)Cl. The van der Waals surface area contributed by atoms with E-state index in [-0.39, 0.29) is 0 Å². The lowest BCUT2D eigenvalue weighted by Gasteiger charge is -2.54. The third-order valence-corrected chi connectivity index (χ3v) is 15.6. The van der Waals surface area contributed by atoms with Gasteiger partial charge in [-0.25, -0.2) is 0 Å². The van der Waals surface area contributed by atoms with Crippen molar-refractivity contribution in [1.29, 1.82) is 0 Å². The van der Waals surface area contributed by atoms with E-state index in [0.717, 1.165) is 0 Å². The molecule has 18 heteroatoms. The average Bonchev–Trinajstić information content (AvgIpc) is 2.44. The van der Waals surface area contributed by atoms with Crippen molar-refractivity contribution >= 4 is 209 Å². The van der Waals surface area contributed by atoms with Gasteiger partial charge in [0.25, 0.3) is 0 Å². The summed E-state index contributed by atoms with van der Waals surface area (Å²) in [6.07, 6.45) is 0. The predicted octanol–water partition coefficient (Wildman–Crippen LogP) is 11.2. The average molecular weight is 762 g/mol. The smallest absolute Gasteiger partial charge is 0.120 e. The first-order valence-electron chi connectivity index (χ1n) is 6.05. The highest BCUT2D eigenvalue weighted by Gasteiger charge is 2.81. The molecule has 0 aliphatic rings. The topological polar surface area (TPSA) is 0 Å². The van der Waals surface area contributed by atoms with Gasteiger partial charge >= 0.3 is 0 Å². The summed E-state index contributed by atoms with van der Waals surface area (Å²) in [5, 5.41) is -1.18. The molecule has 28 heavy (non-hydrogen) atoms. The van der Waals surface area contributed by atoms with E-state index in [9.17, 15) is 0 Å². The van der Waals surface area contributed by atoms with Gasteiger partial charge in [-0.05, 0) is 6.92 Å². The number of hydrogen-bond donors (Lipinski definition) is 0. The summed E-state index contributed by atoms with van der Waals surface area (Å²) in [5.41, 5.74) is 0. The van der Waals surface area contributed by atoms with E-state index in [1.54, 1.807) is 0 Å². The Morgan fingerprint density at radius 1 is 0.393 bits per heavy atom. The molecule has 0 saturated heterocycles. The summed E-state index contributed by atoms with van der Waals surface area (Å²) in [5.74, 6) is 0. The first kappa shape index (κ1) is 33.2. The molecule has 0 aromatic heterocycles. The van der Waals surface area contributed by atoms with Crippen molar-refractivity contribution in [1.82, 2.24) is 0 Å². The molecule has 0 aromatic carbocycles. The van der Waals surface area contributed by atoms with Gasteiger partial charge in [0.05, 0.1) is 5.38 Å². The summed E-state index contributed by atoms with van der Waals surface area (Å²) < 4.78 is -22.1. The van der Waals surface area contributed by atoms with E-state index in [2.05, 4.69) is 0 Å². The Morgan fingerprint density at radius 2 is 0.607 bits per heavy atom. The molecule has 0 aliphatic heterocycles. The molecular formula is C10H4Cl18. The number of halogens is 18. The van der Waals surface area contributed by atoms with Crippen molar-refractivity contribution in [2.45, 2.75) is 46.4 Å². The molecule has 0 radical (unpaired) electrons. The summed E-state index contributed by atoms with van der Waals surface area (Å²) in [6, 6.07) is 0. The van der Waals surface area contributed by atoms with E-state index in [4.69, 9.17) is 209 Å². The molecule has 0 heterocycles.